The second-order valence-corrected chi connectivity index (χ2v) is 8.81. The van der Waals surface area contributed by atoms with Gasteiger partial charge in [0, 0.05) is 28.9 Å². The van der Waals surface area contributed by atoms with Crippen LogP contribution in [0.5, 0.6) is 5.75 Å². The summed E-state index contributed by atoms with van der Waals surface area (Å²) in [5.41, 5.74) is 4.63. The molecule has 1 saturated carbocycles. The predicted octanol–water partition coefficient (Wildman–Crippen LogP) is 5.35. The summed E-state index contributed by atoms with van der Waals surface area (Å²) in [4.78, 5) is 25.2. The van der Waals surface area contributed by atoms with Gasteiger partial charge >= 0.3 is 5.97 Å². The zero-order chi connectivity index (χ0) is 23.0. The maximum Gasteiger partial charge on any atom is 0.343 e. The fourth-order valence-corrected chi connectivity index (χ4v) is 4.98. The molecule has 1 aliphatic heterocycles. The van der Waals surface area contributed by atoms with Gasteiger partial charge < -0.3 is 14.0 Å². The first-order chi connectivity index (χ1) is 16.0. The van der Waals surface area contributed by atoms with E-state index >= 15 is 0 Å². The standard InChI is InChI=1S/C28H27NO4/c1-3-20-13-22-21(14-26(20)33-18-19-9-6-5-7-10-19)16-28(11-8-12-28)29-17-23(27(31)32-4-2)25(30)15-24(22)29/h3,5-7,9-10,13-15,17H,1,4,8,11-12,16,18H2,2H3. The molecule has 2 aromatic carbocycles. The zero-order valence-corrected chi connectivity index (χ0v) is 18.8. The highest BCUT2D eigenvalue weighted by molar-refractivity contribution is 5.89. The second-order valence-electron chi connectivity index (χ2n) is 8.81. The minimum absolute atomic E-state index is 0.0992. The van der Waals surface area contributed by atoms with Crippen molar-refractivity contribution < 1.29 is 14.3 Å². The van der Waals surface area contributed by atoms with E-state index in [2.05, 4.69) is 17.2 Å². The molecule has 168 valence electrons. The molecule has 0 unspecified atom stereocenters. The predicted molar refractivity (Wildman–Crippen MR) is 128 cm³/mol. The van der Waals surface area contributed by atoms with Crippen molar-refractivity contribution in [2.75, 3.05) is 6.61 Å². The first kappa shape index (κ1) is 21.3. The van der Waals surface area contributed by atoms with Crippen molar-refractivity contribution in [3.8, 4) is 17.0 Å². The van der Waals surface area contributed by atoms with Gasteiger partial charge in [-0.15, -0.1) is 0 Å². The van der Waals surface area contributed by atoms with E-state index in [0.717, 1.165) is 59.4 Å². The smallest absolute Gasteiger partial charge is 0.343 e. The molecule has 2 heterocycles. The molecule has 0 bridgehead atoms. The van der Waals surface area contributed by atoms with Crippen LogP contribution in [0.3, 0.4) is 0 Å². The van der Waals surface area contributed by atoms with Crippen LogP contribution in [0.25, 0.3) is 17.3 Å². The highest BCUT2D eigenvalue weighted by Crippen LogP contribution is 2.49. The molecule has 0 amide bonds. The van der Waals surface area contributed by atoms with E-state index in [0.29, 0.717) is 6.61 Å². The van der Waals surface area contributed by atoms with E-state index in [-0.39, 0.29) is 23.1 Å². The summed E-state index contributed by atoms with van der Waals surface area (Å²) >= 11 is 0. The van der Waals surface area contributed by atoms with Gasteiger partial charge in [0.25, 0.3) is 0 Å². The van der Waals surface area contributed by atoms with Crippen LogP contribution >= 0.6 is 0 Å². The number of hydrogen-bond acceptors (Lipinski definition) is 4. The molecule has 1 aromatic heterocycles. The second kappa shape index (κ2) is 8.39. The molecular formula is C28H27NO4. The Hall–Kier alpha value is -3.60. The molecule has 1 fully saturated rings. The lowest BCUT2D eigenvalue weighted by atomic mass is 9.69. The van der Waals surface area contributed by atoms with Gasteiger partial charge in [-0.1, -0.05) is 43.0 Å². The Morgan fingerprint density at radius 2 is 1.97 bits per heavy atom. The van der Waals surface area contributed by atoms with Crippen molar-refractivity contribution in [3.63, 3.8) is 0 Å². The van der Waals surface area contributed by atoms with Crippen LogP contribution in [0.4, 0.5) is 0 Å². The highest BCUT2D eigenvalue weighted by Gasteiger charge is 2.43. The molecular weight excluding hydrogens is 414 g/mol. The molecule has 33 heavy (non-hydrogen) atoms. The summed E-state index contributed by atoms with van der Waals surface area (Å²) in [6, 6.07) is 15.8. The first-order valence-corrected chi connectivity index (χ1v) is 11.5. The first-order valence-electron chi connectivity index (χ1n) is 11.5. The van der Waals surface area contributed by atoms with Crippen LogP contribution in [-0.2, 0) is 23.3 Å². The van der Waals surface area contributed by atoms with Gasteiger partial charge in [-0.25, -0.2) is 4.79 Å². The van der Waals surface area contributed by atoms with Gasteiger partial charge in [-0.2, -0.15) is 0 Å². The van der Waals surface area contributed by atoms with Crippen LogP contribution < -0.4 is 10.2 Å². The Balaban J connectivity index is 1.59. The van der Waals surface area contributed by atoms with Gasteiger partial charge in [-0.05, 0) is 55.9 Å². The van der Waals surface area contributed by atoms with Crippen LogP contribution in [0.15, 0.2) is 66.1 Å². The van der Waals surface area contributed by atoms with Crippen molar-refractivity contribution in [1.82, 2.24) is 4.57 Å². The topological polar surface area (TPSA) is 57.5 Å². The third-order valence-corrected chi connectivity index (χ3v) is 6.83. The molecule has 0 radical (unpaired) electrons. The summed E-state index contributed by atoms with van der Waals surface area (Å²) in [5, 5.41) is 0. The third kappa shape index (κ3) is 3.67. The quantitative estimate of drug-likeness (QED) is 0.484. The van der Waals surface area contributed by atoms with Crippen molar-refractivity contribution >= 4 is 12.0 Å². The number of esters is 1. The maximum atomic E-state index is 12.9. The van der Waals surface area contributed by atoms with Crippen LogP contribution in [0.1, 0.15) is 53.2 Å². The Labute approximate surface area is 193 Å². The van der Waals surface area contributed by atoms with E-state index in [1.54, 1.807) is 25.3 Å². The highest BCUT2D eigenvalue weighted by atomic mass is 16.5. The van der Waals surface area contributed by atoms with Crippen molar-refractivity contribution in [3.05, 3.63) is 93.8 Å². The lowest BCUT2D eigenvalue weighted by Crippen LogP contribution is -2.46. The Morgan fingerprint density at radius 1 is 1.18 bits per heavy atom. The number of carbonyl (C=O) groups is 1. The number of ether oxygens (including phenoxy) is 2. The molecule has 1 spiro atoms. The Kier molecular flexibility index (Phi) is 5.41. The molecule has 5 rings (SSSR count). The molecule has 5 nitrogen and oxygen atoms in total. The number of aromatic nitrogens is 1. The van der Waals surface area contributed by atoms with Crippen molar-refractivity contribution in [1.29, 1.82) is 0 Å². The van der Waals surface area contributed by atoms with Gasteiger partial charge in [0.05, 0.1) is 12.3 Å². The van der Waals surface area contributed by atoms with E-state index in [4.69, 9.17) is 9.47 Å². The zero-order valence-electron chi connectivity index (χ0n) is 18.8. The average Bonchev–Trinajstić information content (AvgIpc) is 2.81. The molecule has 1 aliphatic carbocycles. The summed E-state index contributed by atoms with van der Waals surface area (Å²) in [7, 11) is 0. The molecule has 3 aromatic rings. The minimum atomic E-state index is -0.561. The van der Waals surface area contributed by atoms with Crippen LogP contribution in [-0.4, -0.2) is 17.1 Å². The SMILES string of the molecule is C=Cc1cc2c(cc1OCc1ccccc1)CC1(CCC1)n1cc(C(=O)OCC)c(=O)cc1-2. The fourth-order valence-electron chi connectivity index (χ4n) is 4.98. The van der Waals surface area contributed by atoms with Crippen molar-refractivity contribution in [2.45, 2.75) is 44.8 Å². The van der Waals surface area contributed by atoms with E-state index < -0.39 is 5.97 Å². The summed E-state index contributed by atoms with van der Waals surface area (Å²) in [5.74, 6) is 0.232. The molecule has 0 atom stereocenters. The summed E-state index contributed by atoms with van der Waals surface area (Å²) < 4.78 is 13.5. The molecule has 0 saturated heterocycles. The van der Waals surface area contributed by atoms with E-state index in [9.17, 15) is 9.59 Å². The van der Waals surface area contributed by atoms with E-state index in [1.807, 2.05) is 36.4 Å². The average molecular weight is 442 g/mol. The normalized spacial score (nSPS) is 15.2. The fraction of sp³-hybridized carbons (Fsp3) is 0.286. The Morgan fingerprint density at radius 3 is 2.64 bits per heavy atom. The lowest BCUT2D eigenvalue weighted by Gasteiger charge is -2.49. The number of pyridine rings is 1. The Bertz CT molecular complexity index is 1290. The van der Waals surface area contributed by atoms with Gasteiger partial charge in [0.2, 0.25) is 0 Å². The van der Waals surface area contributed by atoms with Crippen LogP contribution in [0.2, 0.25) is 0 Å². The van der Waals surface area contributed by atoms with Crippen molar-refractivity contribution in [2.24, 2.45) is 0 Å². The lowest BCUT2D eigenvalue weighted by molar-refractivity contribution is 0.0521. The largest absolute Gasteiger partial charge is 0.488 e. The third-order valence-electron chi connectivity index (χ3n) is 6.83. The minimum Gasteiger partial charge on any atom is -0.488 e. The molecule has 5 heteroatoms. The number of rotatable bonds is 6. The number of carbonyl (C=O) groups excluding carboxylic acids is 1. The number of fused-ring (bicyclic) bond motifs is 4. The van der Waals surface area contributed by atoms with Crippen LogP contribution in [0, 0.1) is 0 Å². The van der Waals surface area contributed by atoms with Gasteiger partial charge in [0.15, 0.2) is 5.43 Å². The molecule has 0 N–H and O–H groups in total. The van der Waals surface area contributed by atoms with Gasteiger partial charge in [0.1, 0.15) is 17.9 Å². The summed E-state index contributed by atoms with van der Waals surface area (Å²) in [6.45, 7) is 6.43. The summed E-state index contributed by atoms with van der Waals surface area (Å²) in [6.07, 6.45) is 7.47. The number of nitrogens with zero attached hydrogens (tertiary/aromatic N) is 1. The number of hydrogen-bond donors (Lipinski definition) is 0. The van der Waals surface area contributed by atoms with Gasteiger partial charge in [-0.3, -0.25) is 4.79 Å². The monoisotopic (exact) mass is 441 g/mol. The number of benzene rings is 2. The maximum absolute atomic E-state index is 12.9. The van der Waals surface area contributed by atoms with E-state index in [1.165, 1.54) is 0 Å². The molecule has 2 aliphatic rings.